The largest absolute Gasteiger partial charge is 0.496 e. The summed E-state index contributed by atoms with van der Waals surface area (Å²) < 4.78 is 5.35. The van der Waals surface area contributed by atoms with Crippen molar-refractivity contribution < 1.29 is 4.74 Å². The third-order valence-corrected chi connectivity index (χ3v) is 3.73. The smallest absolute Gasteiger partial charge is 0.226 e. The van der Waals surface area contributed by atoms with Gasteiger partial charge in [-0.1, -0.05) is 0 Å². The molecule has 1 aliphatic heterocycles. The van der Waals surface area contributed by atoms with Crippen molar-refractivity contribution in [1.82, 2.24) is 19.9 Å². The lowest BCUT2D eigenvalue weighted by molar-refractivity contribution is 0.414. The second-order valence-corrected chi connectivity index (χ2v) is 5.49. The molecule has 112 valence electrons. The summed E-state index contributed by atoms with van der Waals surface area (Å²) in [5, 5.41) is 4.00. The molecule has 3 heterocycles. The lowest BCUT2D eigenvalue weighted by Gasteiger charge is -2.14. The molecule has 1 unspecified atom stereocenters. The molecular weight excluding hydrogens is 268 g/mol. The van der Waals surface area contributed by atoms with Crippen LogP contribution in [0.3, 0.4) is 0 Å². The van der Waals surface area contributed by atoms with Gasteiger partial charge in [0.05, 0.1) is 7.11 Å². The van der Waals surface area contributed by atoms with Gasteiger partial charge < -0.3 is 20.7 Å². The fraction of sp³-hybridized carbons (Fsp3) is 0.500. The Morgan fingerprint density at radius 1 is 1.38 bits per heavy atom. The van der Waals surface area contributed by atoms with Crippen molar-refractivity contribution in [3.8, 4) is 5.75 Å². The molecule has 0 spiro atoms. The third-order valence-electron chi connectivity index (χ3n) is 3.73. The van der Waals surface area contributed by atoms with E-state index in [1.54, 1.807) is 7.11 Å². The average Bonchev–Trinajstić information content (AvgIpc) is 2.82. The zero-order chi connectivity index (χ0) is 15.0. The first-order valence-electron chi connectivity index (χ1n) is 7.00. The van der Waals surface area contributed by atoms with Crippen molar-refractivity contribution in [1.29, 1.82) is 0 Å². The summed E-state index contributed by atoms with van der Waals surface area (Å²) in [6.45, 7) is 3.96. The van der Waals surface area contributed by atoms with Gasteiger partial charge in [0, 0.05) is 24.3 Å². The molecule has 1 saturated heterocycles. The number of ether oxygens (including phenoxy) is 1. The van der Waals surface area contributed by atoms with Crippen LogP contribution in [0.5, 0.6) is 5.75 Å². The van der Waals surface area contributed by atoms with Crippen molar-refractivity contribution >= 4 is 22.8 Å². The minimum Gasteiger partial charge on any atom is -0.496 e. The molecule has 1 fully saturated rings. The molecule has 7 nitrogen and oxygen atoms in total. The van der Waals surface area contributed by atoms with Crippen molar-refractivity contribution in [2.75, 3.05) is 38.3 Å². The van der Waals surface area contributed by atoms with Crippen LogP contribution in [0.15, 0.2) is 6.07 Å². The van der Waals surface area contributed by atoms with Gasteiger partial charge in [0.15, 0.2) is 5.65 Å². The molecule has 3 N–H and O–H groups in total. The van der Waals surface area contributed by atoms with E-state index >= 15 is 0 Å². The van der Waals surface area contributed by atoms with Crippen molar-refractivity contribution in [3.05, 3.63) is 11.8 Å². The van der Waals surface area contributed by atoms with E-state index in [2.05, 4.69) is 32.2 Å². The molecule has 0 amide bonds. The van der Waals surface area contributed by atoms with Crippen LogP contribution in [-0.2, 0) is 0 Å². The third kappa shape index (κ3) is 2.69. The fourth-order valence-electron chi connectivity index (χ4n) is 2.71. The number of pyridine rings is 1. The van der Waals surface area contributed by atoms with Crippen LogP contribution in [0, 0.1) is 6.92 Å². The number of anilines is 2. The van der Waals surface area contributed by atoms with Gasteiger partial charge >= 0.3 is 0 Å². The van der Waals surface area contributed by atoms with Crippen LogP contribution in [-0.4, -0.2) is 53.1 Å². The molecule has 0 radical (unpaired) electrons. The number of aryl methyl sites for hydroxylation is 1. The molecule has 7 heteroatoms. The molecule has 3 rings (SSSR count). The maximum absolute atomic E-state index is 6.06. The first kappa shape index (κ1) is 13.8. The second kappa shape index (κ2) is 5.33. The Balaban J connectivity index is 1.98. The number of nitrogens with one attached hydrogen (secondary N) is 1. The number of fused-ring (bicyclic) bond motifs is 1. The Hall–Kier alpha value is -2.15. The summed E-state index contributed by atoms with van der Waals surface area (Å²) in [5.74, 6) is 1.57. The van der Waals surface area contributed by atoms with Gasteiger partial charge in [-0.2, -0.15) is 9.97 Å². The van der Waals surface area contributed by atoms with Gasteiger partial charge in [-0.05, 0) is 26.9 Å². The van der Waals surface area contributed by atoms with E-state index in [-0.39, 0.29) is 0 Å². The van der Waals surface area contributed by atoms with Crippen LogP contribution >= 0.6 is 0 Å². The monoisotopic (exact) mass is 288 g/mol. The number of hydrogen-bond acceptors (Lipinski definition) is 7. The van der Waals surface area contributed by atoms with E-state index < -0.39 is 0 Å². The van der Waals surface area contributed by atoms with Crippen molar-refractivity contribution in [3.63, 3.8) is 0 Å². The second-order valence-electron chi connectivity index (χ2n) is 5.49. The van der Waals surface area contributed by atoms with Gasteiger partial charge in [-0.15, -0.1) is 0 Å². The predicted molar refractivity (Wildman–Crippen MR) is 82.6 cm³/mol. The summed E-state index contributed by atoms with van der Waals surface area (Å²) in [5.41, 5.74) is 7.46. The van der Waals surface area contributed by atoms with E-state index in [0.717, 1.165) is 25.2 Å². The highest BCUT2D eigenvalue weighted by atomic mass is 16.5. The summed E-state index contributed by atoms with van der Waals surface area (Å²) >= 11 is 0. The number of aromatic nitrogens is 3. The molecule has 0 aliphatic carbocycles. The van der Waals surface area contributed by atoms with Gasteiger partial charge in [0.1, 0.15) is 17.0 Å². The summed E-state index contributed by atoms with van der Waals surface area (Å²) in [4.78, 5) is 15.5. The predicted octanol–water partition coefficient (Wildman–Crippen LogP) is 1.04. The highest BCUT2D eigenvalue weighted by molar-refractivity contribution is 5.92. The van der Waals surface area contributed by atoms with Crippen LogP contribution in [0.4, 0.5) is 11.8 Å². The normalized spacial score (nSPS) is 19.1. The maximum Gasteiger partial charge on any atom is 0.226 e. The average molecular weight is 288 g/mol. The Morgan fingerprint density at radius 2 is 2.19 bits per heavy atom. The van der Waals surface area contributed by atoms with Crippen LogP contribution < -0.4 is 15.8 Å². The number of methoxy groups -OCH3 is 1. The molecular formula is C14H20N6O. The van der Waals surface area contributed by atoms with Crippen LogP contribution in [0.1, 0.15) is 12.1 Å². The quantitative estimate of drug-likeness (QED) is 0.872. The van der Waals surface area contributed by atoms with Crippen LogP contribution in [0.25, 0.3) is 11.0 Å². The zero-order valence-corrected chi connectivity index (χ0v) is 12.6. The molecule has 21 heavy (non-hydrogen) atoms. The highest BCUT2D eigenvalue weighted by Gasteiger charge is 2.21. The fourth-order valence-corrected chi connectivity index (χ4v) is 2.71. The number of rotatable bonds is 3. The Bertz CT molecular complexity index is 674. The van der Waals surface area contributed by atoms with Gasteiger partial charge in [0.2, 0.25) is 5.95 Å². The molecule has 1 aliphatic rings. The Morgan fingerprint density at radius 3 is 2.86 bits per heavy atom. The van der Waals surface area contributed by atoms with E-state index in [0.29, 0.717) is 34.6 Å². The summed E-state index contributed by atoms with van der Waals surface area (Å²) in [7, 11) is 3.71. The molecule has 1 atom stereocenters. The standard InChI is InChI=1S/C14H20N6O/c1-8-6-10(21-3)11-12(15)18-14(19-13(11)16-8)17-9-4-5-20(2)7-9/h6,9H,4-5,7H2,1-3H3,(H3,15,16,17,18,19). The van der Waals surface area contributed by atoms with Crippen LogP contribution in [0.2, 0.25) is 0 Å². The first-order chi connectivity index (χ1) is 10.1. The number of nitrogen functional groups attached to an aromatic ring is 1. The lowest BCUT2D eigenvalue weighted by Crippen LogP contribution is -2.24. The first-order valence-corrected chi connectivity index (χ1v) is 7.00. The van der Waals surface area contributed by atoms with Gasteiger partial charge in [-0.3, -0.25) is 0 Å². The Kier molecular flexibility index (Phi) is 3.50. The SMILES string of the molecule is COc1cc(C)nc2nc(NC3CCN(C)C3)nc(N)c12. The van der Waals surface area contributed by atoms with Gasteiger partial charge in [-0.25, -0.2) is 4.98 Å². The van der Waals surface area contributed by atoms with Crippen molar-refractivity contribution in [2.24, 2.45) is 0 Å². The zero-order valence-electron chi connectivity index (χ0n) is 12.6. The Labute approximate surface area is 123 Å². The summed E-state index contributed by atoms with van der Waals surface area (Å²) in [6.07, 6.45) is 1.07. The number of nitrogens with two attached hydrogens (primary N) is 1. The highest BCUT2D eigenvalue weighted by Crippen LogP contribution is 2.29. The molecule has 0 saturated carbocycles. The van der Waals surface area contributed by atoms with E-state index in [1.165, 1.54) is 0 Å². The number of nitrogens with zero attached hydrogens (tertiary/aromatic N) is 4. The number of likely N-dealkylation sites (N-methyl/N-ethyl adjacent to an activating group) is 1. The maximum atomic E-state index is 6.06. The number of likely N-dealkylation sites (tertiary alicyclic amines) is 1. The van der Waals surface area contributed by atoms with E-state index in [1.807, 2.05) is 13.0 Å². The van der Waals surface area contributed by atoms with Gasteiger partial charge in [0.25, 0.3) is 0 Å². The minimum atomic E-state index is 0.346. The molecule has 0 aromatic carbocycles. The van der Waals surface area contributed by atoms with E-state index in [4.69, 9.17) is 10.5 Å². The topological polar surface area (TPSA) is 89.2 Å². The molecule has 2 aromatic rings. The minimum absolute atomic E-state index is 0.346. The number of hydrogen-bond donors (Lipinski definition) is 2. The van der Waals surface area contributed by atoms with E-state index in [9.17, 15) is 0 Å². The lowest BCUT2D eigenvalue weighted by atomic mass is 10.2. The molecule has 2 aromatic heterocycles. The summed E-state index contributed by atoms with van der Waals surface area (Å²) in [6, 6.07) is 2.18. The van der Waals surface area contributed by atoms with Crippen molar-refractivity contribution in [2.45, 2.75) is 19.4 Å². The molecule has 0 bridgehead atoms.